The van der Waals surface area contributed by atoms with Gasteiger partial charge in [-0.15, -0.1) is 0 Å². The SMILES string of the molecule is CC(C)(C)c1ccc([C@@H]2CCCN2C(=O)c2ccn[nH]2)cc1. The molecule has 3 rings (SSSR count). The van der Waals surface area contributed by atoms with E-state index in [9.17, 15) is 4.79 Å². The van der Waals surface area contributed by atoms with Crippen molar-refractivity contribution >= 4 is 5.91 Å². The van der Waals surface area contributed by atoms with E-state index in [0.29, 0.717) is 5.69 Å². The first-order valence-electron chi connectivity index (χ1n) is 7.87. The smallest absolute Gasteiger partial charge is 0.272 e. The Bertz CT molecular complexity index is 638. The number of hydrogen-bond donors (Lipinski definition) is 1. The van der Waals surface area contributed by atoms with Crippen LogP contribution in [0.4, 0.5) is 0 Å². The predicted molar refractivity (Wildman–Crippen MR) is 86.7 cm³/mol. The molecule has 22 heavy (non-hydrogen) atoms. The molecule has 1 fully saturated rings. The molecule has 0 spiro atoms. The summed E-state index contributed by atoms with van der Waals surface area (Å²) in [7, 11) is 0. The Kier molecular flexibility index (Phi) is 3.77. The van der Waals surface area contributed by atoms with Crippen LogP contribution in [0.1, 0.15) is 61.3 Å². The molecule has 1 N–H and O–H groups in total. The summed E-state index contributed by atoms with van der Waals surface area (Å²) in [5, 5.41) is 6.65. The van der Waals surface area contributed by atoms with Crippen LogP contribution in [0.25, 0.3) is 0 Å². The molecule has 1 aromatic carbocycles. The van der Waals surface area contributed by atoms with E-state index in [2.05, 4.69) is 55.2 Å². The zero-order chi connectivity index (χ0) is 15.7. The number of benzene rings is 1. The average Bonchev–Trinajstić information content (AvgIpc) is 3.17. The summed E-state index contributed by atoms with van der Waals surface area (Å²) in [6.45, 7) is 7.45. The summed E-state index contributed by atoms with van der Waals surface area (Å²) < 4.78 is 0. The van der Waals surface area contributed by atoms with Crippen LogP contribution in [0.5, 0.6) is 0 Å². The van der Waals surface area contributed by atoms with E-state index in [1.807, 2.05) is 4.90 Å². The molecule has 0 saturated carbocycles. The first-order valence-corrected chi connectivity index (χ1v) is 7.87. The van der Waals surface area contributed by atoms with E-state index in [1.54, 1.807) is 12.3 Å². The molecule has 4 nitrogen and oxygen atoms in total. The van der Waals surface area contributed by atoms with Crippen LogP contribution in [0.15, 0.2) is 36.5 Å². The second kappa shape index (κ2) is 5.59. The largest absolute Gasteiger partial charge is 0.330 e. The molecule has 2 heterocycles. The van der Waals surface area contributed by atoms with Gasteiger partial charge in [0.05, 0.1) is 6.04 Å². The number of rotatable bonds is 2. The van der Waals surface area contributed by atoms with Crippen LogP contribution in [-0.2, 0) is 5.41 Å². The Morgan fingerprint density at radius 2 is 1.95 bits per heavy atom. The molecule has 1 saturated heterocycles. The summed E-state index contributed by atoms with van der Waals surface area (Å²) in [5.41, 5.74) is 3.26. The quantitative estimate of drug-likeness (QED) is 0.919. The van der Waals surface area contributed by atoms with Crippen molar-refractivity contribution in [2.75, 3.05) is 6.54 Å². The molecule has 0 bridgehead atoms. The molecule has 1 aliphatic heterocycles. The lowest BCUT2D eigenvalue weighted by atomic mass is 9.86. The van der Waals surface area contributed by atoms with Gasteiger partial charge in [0, 0.05) is 12.7 Å². The van der Waals surface area contributed by atoms with Crippen molar-refractivity contribution in [1.82, 2.24) is 15.1 Å². The minimum Gasteiger partial charge on any atom is -0.330 e. The zero-order valence-electron chi connectivity index (χ0n) is 13.5. The Morgan fingerprint density at radius 1 is 1.23 bits per heavy atom. The number of likely N-dealkylation sites (tertiary alicyclic amines) is 1. The maximum absolute atomic E-state index is 12.6. The van der Waals surface area contributed by atoms with Crippen LogP contribution >= 0.6 is 0 Å². The number of carbonyl (C=O) groups is 1. The van der Waals surface area contributed by atoms with Gasteiger partial charge in [-0.25, -0.2) is 0 Å². The molecule has 1 aliphatic rings. The summed E-state index contributed by atoms with van der Waals surface area (Å²) in [4.78, 5) is 14.5. The number of H-pyrrole nitrogens is 1. The van der Waals surface area contributed by atoms with Gasteiger partial charge in [-0.05, 0) is 35.4 Å². The van der Waals surface area contributed by atoms with Crippen molar-refractivity contribution < 1.29 is 4.79 Å². The van der Waals surface area contributed by atoms with Gasteiger partial charge < -0.3 is 4.90 Å². The predicted octanol–water partition coefficient (Wildman–Crippen LogP) is 3.68. The number of amides is 1. The topological polar surface area (TPSA) is 49.0 Å². The third-order valence-corrected chi connectivity index (χ3v) is 4.41. The summed E-state index contributed by atoms with van der Waals surface area (Å²) in [6, 6.07) is 10.6. The summed E-state index contributed by atoms with van der Waals surface area (Å²) in [5.74, 6) is 0.0416. The fourth-order valence-corrected chi connectivity index (χ4v) is 3.09. The number of aromatic nitrogens is 2. The average molecular weight is 297 g/mol. The fourth-order valence-electron chi connectivity index (χ4n) is 3.09. The molecule has 1 aromatic heterocycles. The van der Waals surface area contributed by atoms with Crippen LogP contribution in [0, 0.1) is 0 Å². The lowest BCUT2D eigenvalue weighted by Gasteiger charge is -2.26. The lowest BCUT2D eigenvalue weighted by Crippen LogP contribution is -2.30. The molecule has 116 valence electrons. The van der Waals surface area contributed by atoms with Crippen molar-refractivity contribution in [3.63, 3.8) is 0 Å². The van der Waals surface area contributed by atoms with Crippen LogP contribution in [-0.4, -0.2) is 27.5 Å². The highest BCUT2D eigenvalue weighted by molar-refractivity contribution is 5.92. The molecule has 1 atom stereocenters. The molecular weight excluding hydrogens is 274 g/mol. The number of nitrogens with zero attached hydrogens (tertiary/aromatic N) is 2. The fraction of sp³-hybridized carbons (Fsp3) is 0.444. The number of carbonyl (C=O) groups excluding carboxylic acids is 1. The number of nitrogens with one attached hydrogen (secondary N) is 1. The highest BCUT2D eigenvalue weighted by atomic mass is 16.2. The molecule has 0 aliphatic carbocycles. The van der Waals surface area contributed by atoms with Crippen molar-refractivity contribution in [2.24, 2.45) is 0 Å². The van der Waals surface area contributed by atoms with Gasteiger partial charge in [0.2, 0.25) is 0 Å². The highest BCUT2D eigenvalue weighted by Gasteiger charge is 2.31. The first-order chi connectivity index (χ1) is 10.5. The van der Waals surface area contributed by atoms with Crippen LogP contribution < -0.4 is 0 Å². The minimum absolute atomic E-state index is 0.0416. The van der Waals surface area contributed by atoms with Gasteiger partial charge >= 0.3 is 0 Å². The van der Waals surface area contributed by atoms with Gasteiger partial charge in [-0.3, -0.25) is 9.89 Å². The standard InChI is InChI=1S/C18H23N3O/c1-18(2,3)14-8-6-13(7-9-14)16-5-4-12-21(16)17(22)15-10-11-19-20-15/h6-11,16H,4-5,12H2,1-3H3,(H,19,20)/t16-/m0/s1. The number of hydrogen-bond acceptors (Lipinski definition) is 2. The van der Waals surface area contributed by atoms with Gasteiger partial charge in [-0.2, -0.15) is 5.10 Å². The van der Waals surface area contributed by atoms with Crippen molar-refractivity contribution in [2.45, 2.75) is 45.1 Å². The monoisotopic (exact) mass is 297 g/mol. The van der Waals surface area contributed by atoms with Crippen LogP contribution in [0.3, 0.4) is 0 Å². The van der Waals surface area contributed by atoms with Crippen LogP contribution in [0.2, 0.25) is 0 Å². The maximum Gasteiger partial charge on any atom is 0.272 e. The third kappa shape index (κ3) is 2.78. The van der Waals surface area contributed by atoms with Gasteiger partial charge in [-0.1, -0.05) is 45.0 Å². The Balaban J connectivity index is 1.83. The van der Waals surface area contributed by atoms with Gasteiger partial charge in [0.25, 0.3) is 5.91 Å². The maximum atomic E-state index is 12.6. The highest BCUT2D eigenvalue weighted by Crippen LogP contribution is 2.34. The van der Waals surface area contributed by atoms with Crippen molar-refractivity contribution in [1.29, 1.82) is 0 Å². The molecule has 2 aromatic rings. The second-order valence-corrected chi connectivity index (χ2v) is 7.00. The third-order valence-electron chi connectivity index (χ3n) is 4.41. The Hall–Kier alpha value is -2.10. The van der Waals surface area contributed by atoms with Crippen molar-refractivity contribution in [3.8, 4) is 0 Å². The van der Waals surface area contributed by atoms with Gasteiger partial charge in [0.1, 0.15) is 5.69 Å². The summed E-state index contributed by atoms with van der Waals surface area (Å²) in [6.07, 6.45) is 3.69. The molecule has 0 radical (unpaired) electrons. The van der Waals surface area contributed by atoms with E-state index >= 15 is 0 Å². The van der Waals surface area contributed by atoms with E-state index in [4.69, 9.17) is 0 Å². The first kappa shape index (κ1) is 14.8. The van der Waals surface area contributed by atoms with Gasteiger partial charge in [0.15, 0.2) is 0 Å². The van der Waals surface area contributed by atoms with E-state index in [-0.39, 0.29) is 17.4 Å². The van der Waals surface area contributed by atoms with E-state index in [0.717, 1.165) is 19.4 Å². The van der Waals surface area contributed by atoms with Crippen molar-refractivity contribution in [3.05, 3.63) is 53.3 Å². The summed E-state index contributed by atoms with van der Waals surface area (Å²) >= 11 is 0. The Morgan fingerprint density at radius 3 is 2.55 bits per heavy atom. The van der Waals surface area contributed by atoms with E-state index in [1.165, 1.54) is 11.1 Å². The number of aromatic amines is 1. The lowest BCUT2D eigenvalue weighted by molar-refractivity contribution is 0.0729. The minimum atomic E-state index is 0.0416. The molecular formula is C18H23N3O. The van der Waals surface area contributed by atoms with E-state index < -0.39 is 0 Å². The zero-order valence-corrected chi connectivity index (χ0v) is 13.5. The molecule has 0 unspecified atom stereocenters. The normalized spacial score (nSPS) is 18.7. The molecule has 4 heteroatoms. The molecule has 1 amide bonds. The Labute approximate surface area is 131 Å². The second-order valence-electron chi connectivity index (χ2n) is 7.00.